The van der Waals surface area contributed by atoms with Gasteiger partial charge in [0.25, 0.3) is 11.8 Å². The minimum Gasteiger partial charge on any atom is -0.270 e. The van der Waals surface area contributed by atoms with Crippen molar-refractivity contribution >= 4 is 17.9 Å². The van der Waals surface area contributed by atoms with Gasteiger partial charge in [0.1, 0.15) is 0 Å². The second kappa shape index (κ2) is 8.58. The lowest BCUT2D eigenvalue weighted by atomic mass is 10.1. The molecule has 0 heterocycles. The monoisotopic (exact) mass is 341 g/mol. The number of rotatable bonds is 5. The largest absolute Gasteiger partial charge is 0.270 e. The Morgan fingerprint density at radius 2 is 1.27 bits per heavy atom. The number of hydrogen-bond donors (Lipinski definition) is 0. The summed E-state index contributed by atoms with van der Waals surface area (Å²) in [7, 11) is 0. The average Bonchev–Trinajstić information content (AvgIpc) is 2.72. The number of nitrogens with zero attached hydrogens (tertiary/aromatic N) is 1. The van der Waals surface area contributed by atoms with Crippen molar-refractivity contribution < 1.29 is 9.59 Å². The topological polar surface area (TPSA) is 37.4 Å². The molecule has 0 spiro atoms. The van der Waals surface area contributed by atoms with E-state index >= 15 is 0 Å². The molecule has 26 heavy (non-hydrogen) atoms. The summed E-state index contributed by atoms with van der Waals surface area (Å²) in [5, 5.41) is 0. The summed E-state index contributed by atoms with van der Waals surface area (Å²) in [5.74, 6) is -0.649. The number of carbonyl (C=O) groups is 2. The first-order valence-corrected chi connectivity index (χ1v) is 8.42. The van der Waals surface area contributed by atoms with Gasteiger partial charge in [0.2, 0.25) is 0 Å². The smallest absolute Gasteiger partial charge is 0.261 e. The maximum Gasteiger partial charge on any atom is 0.261 e. The molecule has 0 aliphatic rings. The third-order valence-corrected chi connectivity index (χ3v) is 3.93. The number of hydrogen-bond acceptors (Lipinski definition) is 2. The molecule has 0 bridgehead atoms. The Balaban J connectivity index is 1.85. The van der Waals surface area contributed by atoms with E-state index in [2.05, 4.69) is 0 Å². The van der Waals surface area contributed by atoms with Crippen LogP contribution in [-0.2, 0) is 11.3 Å². The van der Waals surface area contributed by atoms with Crippen LogP contribution in [-0.4, -0.2) is 16.7 Å². The highest BCUT2D eigenvalue weighted by atomic mass is 16.2. The van der Waals surface area contributed by atoms with Crippen molar-refractivity contribution in [1.29, 1.82) is 0 Å². The molecule has 3 aromatic rings. The number of carbonyl (C=O) groups excluding carboxylic acids is 2. The van der Waals surface area contributed by atoms with E-state index in [0.29, 0.717) is 5.56 Å². The molecule has 0 saturated heterocycles. The van der Waals surface area contributed by atoms with Gasteiger partial charge in [-0.2, -0.15) is 0 Å². The average molecular weight is 341 g/mol. The number of benzene rings is 3. The molecule has 2 amide bonds. The SMILES string of the molecule is O=C(/C=C/c1ccccc1)N(Cc1ccccc1)C(=O)c1ccccc1. The summed E-state index contributed by atoms with van der Waals surface area (Å²) in [6, 6.07) is 27.9. The van der Waals surface area contributed by atoms with Crippen LogP contribution in [0.1, 0.15) is 21.5 Å². The molecule has 3 heteroatoms. The molecule has 128 valence electrons. The molecule has 0 aromatic heterocycles. The highest BCUT2D eigenvalue weighted by molar-refractivity contribution is 6.09. The highest BCUT2D eigenvalue weighted by Gasteiger charge is 2.21. The lowest BCUT2D eigenvalue weighted by molar-refractivity contribution is -0.124. The molecule has 0 saturated carbocycles. The van der Waals surface area contributed by atoms with Crippen LogP contribution >= 0.6 is 0 Å². The van der Waals surface area contributed by atoms with E-state index in [1.54, 1.807) is 30.3 Å². The van der Waals surface area contributed by atoms with Crippen LogP contribution in [0.15, 0.2) is 97.1 Å². The molecule has 3 rings (SSSR count). The molecule has 3 aromatic carbocycles. The van der Waals surface area contributed by atoms with Crippen LogP contribution < -0.4 is 0 Å². The summed E-state index contributed by atoms with van der Waals surface area (Å²) < 4.78 is 0. The number of amides is 2. The van der Waals surface area contributed by atoms with Gasteiger partial charge in [-0.05, 0) is 29.3 Å². The predicted molar refractivity (Wildman–Crippen MR) is 103 cm³/mol. The van der Waals surface area contributed by atoms with Crippen molar-refractivity contribution in [2.45, 2.75) is 6.54 Å². The number of imide groups is 1. The van der Waals surface area contributed by atoms with Crippen LogP contribution in [0.25, 0.3) is 6.08 Å². The van der Waals surface area contributed by atoms with E-state index in [4.69, 9.17) is 0 Å². The molecule has 0 atom stereocenters. The van der Waals surface area contributed by atoms with E-state index in [-0.39, 0.29) is 18.4 Å². The van der Waals surface area contributed by atoms with E-state index in [9.17, 15) is 9.59 Å². The first-order valence-electron chi connectivity index (χ1n) is 8.42. The van der Waals surface area contributed by atoms with Crippen molar-refractivity contribution in [2.24, 2.45) is 0 Å². The van der Waals surface area contributed by atoms with Gasteiger partial charge in [-0.15, -0.1) is 0 Å². The van der Waals surface area contributed by atoms with Gasteiger partial charge >= 0.3 is 0 Å². The molecular weight excluding hydrogens is 322 g/mol. The second-order valence-corrected chi connectivity index (χ2v) is 5.83. The Labute approximate surface area is 153 Å². The fourth-order valence-corrected chi connectivity index (χ4v) is 2.57. The summed E-state index contributed by atoms with van der Waals surface area (Å²) in [4.78, 5) is 26.9. The molecule has 0 aliphatic carbocycles. The lowest BCUT2D eigenvalue weighted by Crippen LogP contribution is -2.35. The third-order valence-electron chi connectivity index (χ3n) is 3.93. The van der Waals surface area contributed by atoms with E-state index in [0.717, 1.165) is 11.1 Å². The van der Waals surface area contributed by atoms with Gasteiger partial charge in [-0.25, -0.2) is 0 Å². The van der Waals surface area contributed by atoms with E-state index < -0.39 is 0 Å². The quantitative estimate of drug-likeness (QED) is 0.638. The Morgan fingerprint density at radius 1 is 0.731 bits per heavy atom. The maximum absolute atomic E-state index is 12.9. The van der Waals surface area contributed by atoms with Crippen LogP contribution in [0.5, 0.6) is 0 Å². The van der Waals surface area contributed by atoms with Crippen LogP contribution in [0.4, 0.5) is 0 Å². The minimum absolute atomic E-state index is 0.229. The summed E-state index contributed by atoms with van der Waals surface area (Å²) in [6.07, 6.45) is 3.16. The minimum atomic E-state index is -0.341. The van der Waals surface area contributed by atoms with Crippen LogP contribution in [0.3, 0.4) is 0 Å². The summed E-state index contributed by atoms with van der Waals surface area (Å²) in [6.45, 7) is 0.229. The Bertz CT molecular complexity index is 887. The van der Waals surface area contributed by atoms with Crippen molar-refractivity contribution in [3.63, 3.8) is 0 Å². The van der Waals surface area contributed by atoms with Crippen molar-refractivity contribution in [2.75, 3.05) is 0 Å². The normalized spacial score (nSPS) is 10.6. The molecule has 0 N–H and O–H groups in total. The molecule has 0 radical (unpaired) electrons. The molecule has 0 unspecified atom stereocenters. The third kappa shape index (κ3) is 4.54. The van der Waals surface area contributed by atoms with Crippen molar-refractivity contribution in [1.82, 2.24) is 4.90 Å². The van der Waals surface area contributed by atoms with Gasteiger partial charge < -0.3 is 0 Å². The van der Waals surface area contributed by atoms with E-state index in [1.165, 1.54) is 11.0 Å². The molecule has 3 nitrogen and oxygen atoms in total. The first kappa shape index (κ1) is 17.4. The zero-order chi connectivity index (χ0) is 18.2. The molecule has 0 fully saturated rings. The Morgan fingerprint density at radius 3 is 1.88 bits per heavy atom. The Hall–Kier alpha value is -3.46. The molecular formula is C23H19NO2. The summed E-state index contributed by atoms with van der Waals surface area (Å²) >= 11 is 0. The van der Waals surface area contributed by atoms with Crippen LogP contribution in [0.2, 0.25) is 0 Å². The van der Waals surface area contributed by atoms with Gasteiger partial charge in [-0.3, -0.25) is 14.5 Å². The summed E-state index contributed by atoms with van der Waals surface area (Å²) in [5.41, 5.74) is 2.30. The predicted octanol–water partition coefficient (Wildman–Crippen LogP) is 4.57. The lowest BCUT2D eigenvalue weighted by Gasteiger charge is -2.19. The standard InChI is InChI=1S/C23H19NO2/c25-22(17-16-19-10-4-1-5-11-19)24(18-20-12-6-2-7-13-20)23(26)21-14-8-3-9-15-21/h1-17H,18H2/b17-16+. The fraction of sp³-hybridized carbons (Fsp3) is 0.0435. The second-order valence-electron chi connectivity index (χ2n) is 5.83. The van der Waals surface area contributed by atoms with Gasteiger partial charge in [0.05, 0.1) is 6.54 Å². The fourth-order valence-electron chi connectivity index (χ4n) is 2.57. The van der Waals surface area contributed by atoms with Crippen LogP contribution in [0, 0.1) is 0 Å². The van der Waals surface area contributed by atoms with Gasteiger partial charge in [0, 0.05) is 11.6 Å². The highest BCUT2D eigenvalue weighted by Crippen LogP contribution is 2.12. The van der Waals surface area contributed by atoms with Crippen molar-refractivity contribution in [3.8, 4) is 0 Å². The van der Waals surface area contributed by atoms with Gasteiger partial charge in [-0.1, -0.05) is 78.9 Å². The van der Waals surface area contributed by atoms with Crippen molar-refractivity contribution in [3.05, 3.63) is 114 Å². The first-order chi connectivity index (χ1) is 12.7. The zero-order valence-electron chi connectivity index (χ0n) is 14.3. The Kier molecular flexibility index (Phi) is 5.73. The van der Waals surface area contributed by atoms with E-state index in [1.807, 2.05) is 66.7 Å². The maximum atomic E-state index is 12.9. The molecule has 0 aliphatic heterocycles. The van der Waals surface area contributed by atoms with Gasteiger partial charge in [0.15, 0.2) is 0 Å². The zero-order valence-corrected chi connectivity index (χ0v) is 14.3.